The summed E-state index contributed by atoms with van der Waals surface area (Å²) in [4.78, 5) is 5.95. The molecule has 0 aliphatic rings. The van der Waals surface area contributed by atoms with E-state index in [1.165, 1.54) is 6.33 Å². The van der Waals surface area contributed by atoms with Crippen molar-refractivity contribution < 1.29 is 5.11 Å². The lowest BCUT2D eigenvalue weighted by Gasteiger charge is -2.09. The first-order chi connectivity index (χ1) is 5.74. The Labute approximate surface area is 71.6 Å². The van der Waals surface area contributed by atoms with Gasteiger partial charge in [0.25, 0.3) is 0 Å². The van der Waals surface area contributed by atoms with Gasteiger partial charge in [0.15, 0.2) is 5.82 Å². The van der Waals surface area contributed by atoms with E-state index in [0.29, 0.717) is 5.82 Å². The SMILES string of the molecule is CN(C)CCn1ncnc1CO. The maximum atomic E-state index is 8.84. The summed E-state index contributed by atoms with van der Waals surface area (Å²) in [5.41, 5.74) is 0. The summed E-state index contributed by atoms with van der Waals surface area (Å²) in [6.45, 7) is 1.62. The molecule has 0 aliphatic heterocycles. The minimum absolute atomic E-state index is 0.0482. The Bertz CT molecular complexity index is 233. The minimum Gasteiger partial charge on any atom is -0.388 e. The van der Waals surface area contributed by atoms with E-state index in [4.69, 9.17) is 5.11 Å². The van der Waals surface area contributed by atoms with Crippen LogP contribution in [0.25, 0.3) is 0 Å². The van der Waals surface area contributed by atoms with Gasteiger partial charge in [0, 0.05) is 6.54 Å². The van der Waals surface area contributed by atoms with E-state index in [0.717, 1.165) is 13.1 Å². The van der Waals surface area contributed by atoms with E-state index < -0.39 is 0 Å². The average molecular weight is 170 g/mol. The molecule has 0 atom stereocenters. The first-order valence-electron chi connectivity index (χ1n) is 3.86. The van der Waals surface area contributed by atoms with E-state index in [-0.39, 0.29) is 6.61 Å². The van der Waals surface area contributed by atoms with Gasteiger partial charge in [-0.15, -0.1) is 0 Å². The standard InChI is InChI=1S/C7H14N4O/c1-10(2)3-4-11-7(5-12)8-6-9-11/h6,12H,3-5H2,1-2H3. The van der Waals surface area contributed by atoms with Crippen LogP contribution in [-0.2, 0) is 13.2 Å². The minimum atomic E-state index is -0.0482. The third-order valence-electron chi connectivity index (χ3n) is 1.60. The number of aliphatic hydroxyl groups excluding tert-OH is 1. The summed E-state index contributed by atoms with van der Waals surface area (Å²) in [7, 11) is 3.99. The lowest BCUT2D eigenvalue weighted by atomic mass is 10.5. The van der Waals surface area contributed by atoms with Crippen molar-refractivity contribution in [2.45, 2.75) is 13.2 Å². The molecule has 0 radical (unpaired) electrons. The van der Waals surface area contributed by atoms with Crippen LogP contribution in [0.4, 0.5) is 0 Å². The number of hydrogen-bond donors (Lipinski definition) is 1. The number of nitrogens with zero attached hydrogens (tertiary/aromatic N) is 4. The van der Waals surface area contributed by atoms with Gasteiger partial charge >= 0.3 is 0 Å². The third kappa shape index (κ3) is 2.28. The van der Waals surface area contributed by atoms with Gasteiger partial charge in [-0.2, -0.15) is 5.10 Å². The van der Waals surface area contributed by atoms with Crippen LogP contribution in [0.2, 0.25) is 0 Å². The van der Waals surface area contributed by atoms with Crippen LogP contribution in [-0.4, -0.2) is 45.4 Å². The molecule has 0 unspecified atom stereocenters. The summed E-state index contributed by atoms with van der Waals surface area (Å²) in [6, 6.07) is 0. The molecule has 0 saturated carbocycles. The normalized spacial score (nSPS) is 11.0. The second-order valence-corrected chi connectivity index (χ2v) is 2.86. The summed E-state index contributed by atoms with van der Waals surface area (Å²) in [5.74, 6) is 0.622. The van der Waals surface area contributed by atoms with Gasteiger partial charge in [-0.25, -0.2) is 9.67 Å². The zero-order chi connectivity index (χ0) is 8.97. The molecule has 0 aliphatic carbocycles. The Balaban J connectivity index is 2.50. The molecule has 0 bridgehead atoms. The highest BCUT2D eigenvalue weighted by molar-refractivity contribution is 4.80. The second kappa shape index (κ2) is 4.18. The van der Waals surface area contributed by atoms with Crippen LogP contribution < -0.4 is 0 Å². The number of aromatic nitrogens is 3. The van der Waals surface area contributed by atoms with Crippen LogP contribution in [0, 0.1) is 0 Å². The molecule has 5 nitrogen and oxygen atoms in total. The molecule has 68 valence electrons. The molecule has 1 N–H and O–H groups in total. The Morgan fingerprint density at radius 1 is 1.58 bits per heavy atom. The van der Waals surface area contributed by atoms with Crippen molar-refractivity contribution in [1.82, 2.24) is 19.7 Å². The maximum absolute atomic E-state index is 8.84. The van der Waals surface area contributed by atoms with E-state index in [9.17, 15) is 0 Å². The Hall–Kier alpha value is -0.940. The van der Waals surface area contributed by atoms with Gasteiger partial charge < -0.3 is 10.0 Å². The van der Waals surface area contributed by atoms with Crippen molar-refractivity contribution in [1.29, 1.82) is 0 Å². The molecule has 0 spiro atoms. The van der Waals surface area contributed by atoms with Crippen LogP contribution >= 0.6 is 0 Å². The molecule has 0 fully saturated rings. The van der Waals surface area contributed by atoms with Crippen molar-refractivity contribution in [3.05, 3.63) is 12.2 Å². The highest BCUT2D eigenvalue weighted by Gasteiger charge is 2.01. The van der Waals surface area contributed by atoms with Gasteiger partial charge in [-0.1, -0.05) is 0 Å². The first kappa shape index (κ1) is 9.15. The van der Waals surface area contributed by atoms with E-state index in [1.54, 1.807) is 4.68 Å². The number of aliphatic hydroxyl groups is 1. The zero-order valence-electron chi connectivity index (χ0n) is 7.43. The molecule has 12 heavy (non-hydrogen) atoms. The van der Waals surface area contributed by atoms with Crippen molar-refractivity contribution in [3.8, 4) is 0 Å². The molecule has 0 saturated heterocycles. The number of likely N-dealkylation sites (N-methyl/N-ethyl adjacent to an activating group) is 1. The largest absolute Gasteiger partial charge is 0.388 e. The van der Waals surface area contributed by atoms with Crippen molar-refractivity contribution in [3.63, 3.8) is 0 Å². The molecule has 1 heterocycles. The third-order valence-corrected chi connectivity index (χ3v) is 1.60. The summed E-state index contributed by atoms with van der Waals surface area (Å²) in [5, 5.41) is 12.8. The van der Waals surface area contributed by atoms with Gasteiger partial charge in [0.05, 0.1) is 6.54 Å². The smallest absolute Gasteiger partial charge is 0.152 e. The predicted molar refractivity (Wildman–Crippen MR) is 44.5 cm³/mol. The highest BCUT2D eigenvalue weighted by atomic mass is 16.3. The fraction of sp³-hybridized carbons (Fsp3) is 0.714. The summed E-state index contributed by atoms with van der Waals surface area (Å²) < 4.78 is 1.71. The molecule has 5 heteroatoms. The van der Waals surface area contributed by atoms with E-state index >= 15 is 0 Å². The topological polar surface area (TPSA) is 54.2 Å². The summed E-state index contributed by atoms with van der Waals surface area (Å²) in [6.07, 6.45) is 1.46. The number of rotatable bonds is 4. The van der Waals surface area contributed by atoms with Crippen molar-refractivity contribution >= 4 is 0 Å². The molecule has 1 aromatic heterocycles. The van der Waals surface area contributed by atoms with Gasteiger partial charge in [0.1, 0.15) is 12.9 Å². The highest BCUT2D eigenvalue weighted by Crippen LogP contribution is 1.93. The second-order valence-electron chi connectivity index (χ2n) is 2.86. The van der Waals surface area contributed by atoms with Gasteiger partial charge in [0.2, 0.25) is 0 Å². The summed E-state index contributed by atoms with van der Waals surface area (Å²) >= 11 is 0. The maximum Gasteiger partial charge on any atom is 0.152 e. The Kier molecular flexibility index (Phi) is 3.19. The molecule has 1 aromatic rings. The van der Waals surface area contributed by atoms with Crippen LogP contribution in [0.5, 0.6) is 0 Å². The molecular formula is C7H14N4O. The Morgan fingerprint density at radius 3 is 2.92 bits per heavy atom. The van der Waals surface area contributed by atoms with E-state index in [1.807, 2.05) is 14.1 Å². The van der Waals surface area contributed by atoms with Crippen LogP contribution in [0.15, 0.2) is 6.33 Å². The molecule has 0 aromatic carbocycles. The Morgan fingerprint density at radius 2 is 2.33 bits per heavy atom. The average Bonchev–Trinajstić information content (AvgIpc) is 2.47. The van der Waals surface area contributed by atoms with Gasteiger partial charge in [-0.05, 0) is 14.1 Å². The number of hydrogen-bond acceptors (Lipinski definition) is 4. The van der Waals surface area contributed by atoms with Crippen LogP contribution in [0.3, 0.4) is 0 Å². The fourth-order valence-corrected chi connectivity index (χ4v) is 0.892. The van der Waals surface area contributed by atoms with Gasteiger partial charge in [-0.3, -0.25) is 0 Å². The lowest BCUT2D eigenvalue weighted by molar-refractivity contribution is 0.258. The quantitative estimate of drug-likeness (QED) is 0.651. The first-order valence-corrected chi connectivity index (χ1v) is 3.86. The molecule has 1 rings (SSSR count). The fourth-order valence-electron chi connectivity index (χ4n) is 0.892. The van der Waals surface area contributed by atoms with E-state index in [2.05, 4.69) is 15.0 Å². The predicted octanol–water partition coefficient (Wildman–Crippen LogP) is -0.668. The van der Waals surface area contributed by atoms with Crippen LogP contribution in [0.1, 0.15) is 5.82 Å². The van der Waals surface area contributed by atoms with Crippen molar-refractivity contribution in [2.75, 3.05) is 20.6 Å². The zero-order valence-corrected chi connectivity index (χ0v) is 7.43. The van der Waals surface area contributed by atoms with Crippen molar-refractivity contribution in [2.24, 2.45) is 0 Å². The monoisotopic (exact) mass is 170 g/mol. The molecule has 0 amide bonds. The lowest BCUT2D eigenvalue weighted by Crippen LogP contribution is -2.20. The molecular weight excluding hydrogens is 156 g/mol.